The zero-order chi connectivity index (χ0) is 4.28. The SMILES string of the molecule is C=CC([O])=O.N. The third-order valence-electron chi connectivity index (χ3n) is 0.167. The van der Waals surface area contributed by atoms with E-state index in [1.807, 2.05) is 0 Å². The van der Waals surface area contributed by atoms with Gasteiger partial charge in [0.15, 0.2) is 0 Å². The van der Waals surface area contributed by atoms with Gasteiger partial charge >= 0.3 is 5.97 Å². The summed E-state index contributed by atoms with van der Waals surface area (Å²) in [6.07, 6.45) is 0.722. The molecule has 1 radical (unpaired) electrons. The molecular weight excluding hydrogens is 82.0 g/mol. The molecule has 0 heterocycles. The molecule has 0 aromatic carbocycles. The second-order valence-corrected chi connectivity index (χ2v) is 0.523. The van der Waals surface area contributed by atoms with E-state index < -0.39 is 5.97 Å². The van der Waals surface area contributed by atoms with Crippen molar-refractivity contribution in [2.24, 2.45) is 0 Å². The molecule has 3 heteroatoms. The van der Waals surface area contributed by atoms with Gasteiger partial charge in [0.25, 0.3) is 0 Å². The summed E-state index contributed by atoms with van der Waals surface area (Å²) in [6, 6.07) is 0. The molecule has 0 aliphatic carbocycles. The number of carbonyl (C=O) groups excluding carboxylic acids is 1. The molecule has 3 nitrogen and oxygen atoms in total. The average molecular weight is 88.1 g/mol. The normalized spacial score (nSPS) is 5.33. The Balaban J connectivity index is 0. The number of hydrogen-bond acceptors (Lipinski definition) is 2. The predicted molar refractivity (Wildman–Crippen MR) is 20.9 cm³/mol. The third kappa shape index (κ3) is 10.9. The fourth-order valence-corrected chi connectivity index (χ4v) is 0. The van der Waals surface area contributed by atoms with Crippen LogP contribution >= 0.6 is 0 Å². The zero-order valence-electron chi connectivity index (χ0n) is 3.31. The summed E-state index contributed by atoms with van der Waals surface area (Å²) in [5.41, 5.74) is 0. The lowest BCUT2D eigenvalue weighted by Gasteiger charge is -1.56. The van der Waals surface area contributed by atoms with Crippen LogP contribution in [0.1, 0.15) is 0 Å². The Bertz CT molecular complexity index is 59.8. The molecular formula is C3H6NO2. The van der Waals surface area contributed by atoms with Crippen LogP contribution in [0.25, 0.3) is 0 Å². The average Bonchev–Trinajstić information content (AvgIpc) is 1.38. The smallest absolute Gasteiger partial charge is 0.344 e. The lowest BCUT2D eigenvalue weighted by Crippen LogP contribution is -1.78. The fraction of sp³-hybridized carbons (Fsp3) is 0. The molecule has 0 atom stereocenters. The van der Waals surface area contributed by atoms with Crippen molar-refractivity contribution in [1.29, 1.82) is 0 Å². The molecule has 0 aromatic rings. The standard InChI is InChI=1S/C3H3O2.H3N/c1-2-3(4)5;/h2H,1H2;1H3. The van der Waals surface area contributed by atoms with Crippen LogP contribution in [0, 0.1) is 0 Å². The van der Waals surface area contributed by atoms with Crippen LogP contribution in [-0.4, -0.2) is 5.97 Å². The summed E-state index contributed by atoms with van der Waals surface area (Å²) in [4.78, 5) is 9.14. The molecule has 0 rings (SSSR count). The Kier molecular flexibility index (Phi) is 6.22. The second-order valence-electron chi connectivity index (χ2n) is 0.523. The van der Waals surface area contributed by atoms with Crippen LogP contribution in [0.3, 0.4) is 0 Å². The van der Waals surface area contributed by atoms with Crippen molar-refractivity contribution >= 4 is 5.97 Å². The van der Waals surface area contributed by atoms with Crippen LogP contribution in [0.2, 0.25) is 0 Å². The zero-order valence-corrected chi connectivity index (χ0v) is 3.31. The molecule has 35 valence electrons. The van der Waals surface area contributed by atoms with E-state index in [2.05, 4.69) is 6.58 Å². The summed E-state index contributed by atoms with van der Waals surface area (Å²) in [6.45, 7) is 2.90. The van der Waals surface area contributed by atoms with Gasteiger partial charge in [-0.15, -0.1) is 0 Å². The minimum Gasteiger partial charge on any atom is -0.344 e. The van der Waals surface area contributed by atoms with Gasteiger partial charge in [-0.1, -0.05) is 6.58 Å². The van der Waals surface area contributed by atoms with E-state index in [1.54, 1.807) is 0 Å². The van der Waals surface area contributed by atoms with E-state index in [0.717, 1.165) is 6.08 Å². The van der Waals surface area contributed by atoms with E-state index in [9.17, 15) is 0 Å². The maximum atomic E-state index is 9.14. The largest absolute Gasteiger partial charge is 0.378 e. The van der Waals surface area contributed by atoms with E-state index in [-0.39, 0.29) is 6.15 Å². The van der Waals surface area contributed by atoms with E-state index in [4.69, 9.17) is 9.90 Å². The highest BCUT2D eigenvalue weighted by molar-refractivity contribution is 5.78. The highest BCUT2D eigenvalue weighted by Gasteiger charge is 1.79. The third-order valence-corrected chi connectivity index (χ3v) is 0.167. The molecule has 0 saturated heterocycles. The first-order valence-electron chi connectivity index (χ1n) is 1.11. The van der Waals surface area contributed by atoms with Gasteiger partial charge in [0, 0.05) is 6.08 Å². The second kappa shape index (κ2) is 4.17. The van der Waals surface area contributed by atoms with Crippen LogP contribution < -0.4 is 6.15 Å². The molecule has 0 bridgehead atoms. The Labute approximate surface area is 35.9 Å². The van der Waals surface area contributed by atoms with Gasteiger partial charge in [-0.2, -0.15) is 0 Å². The summed E-state index contributed by atoms with van der Waals surface area (Å²) in [5, 5.41) is 9.14. The Morgan fingerprint density at radius 1 is 1.67 bits per heavy atom. The van der Waals surface area contributed by atoms with E-state index in [0.29, 0.717) is 0 Å². The highest BCUT2D eigenvalue weighted by atomic mass is 16.4. The molecule has 0 aliphatic rings. The van der Waals surface area contributed by atoms with E-state index >= 15 is 0 Å². The fourth-order valence-electron chi connectivity index (χ4n) is 0. The van der Waals surface area contributed by atoms with E-state index in [1.165, 1.54) is 0 Å². The number of rotatable bonds is 1. The molecule has 0 amide bonds. The first kappa shape index (κ1) is 8.95. The van der Waals surface area contributed by atoms with Crippen molar-refractivity contribution in [3.05, 3.63) is 12.7 Å². The molecule has 0 spiro atoms. The molecule has 0 aliphatic heterocycles. The Hall–Kier alpha value is -0.830. The first-order chi connectivity index (χ1) is 2.27. The number of hydrogen-bond donors (Lipinski definition) is 1. The minimum absolute atomic E-state index is 0. The summed E-state index contributed by atoms with van der Waals surface area (Å²) in [5.74, 6) is -1.23. The Morgan fingerprint density at radius 2 is 1.83 bits per heavy atom. The van der Waals surface area contributed by atoms with Gasteiger partial charge in [0.1, 0.15) is 0 Å². The van der Waals surface area contributed by atoms with Gasteiger partial charge in [0.2, 0.25) is 0 Å². The van der Waals surface area contributed by atoms with Gasteiger partial charge in [0.05, 0.1) is 0 Å². The summed E-state index contributed by atoms with van der Waals surface area (Å²) < 4.78 is 0. The van der Waals surface area contributed by atoms with Crippen molar-refractivity contribution < 1.29 is 9.90 Å². The van der Waals surface area contributed by atoms with Crippen LogP contribution in [0.5, 0.6) is 0 Å². The maximum Gasteiger partial charge on any atom is 0.378 e. The molecule has 0 unspecified atom stereocenters. The lowest BCUT2D eigenvalue weighted by molar-refractivity contribution is -0.137. The Morgan fingerprint density at radius 3 is 1.83 bits per heavy atom. The molecule has 0 aromatic heterocycles. The predicted octanol–water partition coefficient (Wildman–Crippen LogP) is 0.291. The summed E-state index contributed by atoms with van der Waals surface area (Å²) >= 11 is 0. The lowest BCUT2D eigenvalue weighted by atomic mass is 10.7. The molecule has 0 saturated carbocycles. The van der Waals surface area contributed by atoms with Crippen molar-refractivity contribution in [2.75, 3.05) is 0 Å². The molecule has 3 N–H and O–H groups in total. The van der Waals surface area contributed by atoms with Crippen molar-refractivity contribution in [1.82, 2.24) is 6.15 Å². The van der Waals surface area contributed by atoms with Crippen LogP contribution in [-0.2, 0) is 9.90 Å². The van der Waals surface area contributed by atoms with Crippen molar-refractivity contribution in [3.8, 4) is 0 Å². The molecule has 6 heavy (non-hydrogen) atoms. The van der Waals surface area contributed by atoms with Gasteiger partial charge in [-0.25, -0.2) is 9.90 Å². The van der Waals surface area contributed by atoms with Crippen molar-refractivity contribution in [2.45, 2.75) is 0 Å². The maximum absolute atomic E-state index is 9.14. The van der Waals surface area contributed by atoms with Crippen LogP contribution in [0.15, 0.2) is 12.7 Å². The summed E-state index contributed by atoms with van der Waals surface area (Å²) in [7, 11) is 0. The number of carbonyl (C=O) groups is 1. The van der Waals surface area contributed by atoms with Crippen molar-refractivity contribution in [3.63, 3.8) is 0 Å². The molecule has 0 fully saturated rings. The monoisotopic (exact) mass is 88.0 g/mol. The van der Waals surface area contributed by atoms with Gasteiger partial charge in [-0.3, -0.25) is 0 Å². The quantitative estimate of drug-likeness (QED) is 0.468. The highest BCUT2D eigenvalue weighted by Crippen LogP contribution is 1.56. The first-order valence-corrected chi connectivity index (χ1v) is 1.11. The van der Waals surface area contributed by atoms with Gasteiger partial charge in [-0.05, 0) is 0 Å². The van der Waals surface area contributed by atoms with Crippen LogP contribution in [0.4, 0.5) is 0 Å². The minimum atomic E-state index is -1.23. The van der Waals surface area contributed by atoms with Gasteiger partial charge < -0.3 is 6.15 Å². The topological polar surface area (TPSA) is 72.0 Å².